The van der Waals surface area contributed by atoms with Gasteiger partial charge in [0.1, 0.15) is 0 Å². The van der Waals surface area contributed by atoms with Crippen LogP contribution in [0.3, 0.4) is 0 Å². The highest BCUT2D eigenvalue weighted by atomic mass is 32.2. The lowest BCUT2D eigenvalue weighted by molar-refractivity contribution is -0.142. The van der Waals surface area contributed by atoms with Crippen molar-refractivity contribution < 1.29 is 13.9 Å². The first kappa shape index (κ1) is 15.8. The fraction of sp³-hybridized carbons (Fsp3) is 0.917. The number of carbonyl (C=O) groups excluding carboxylic acids is 1. The Morgan fingerprint density at radius 1 is 1.31 bits per heavy atom. The summed E-state index contributed by atoms with van der Waals surface area (Å²) >= 11 is 1.60. The van der Waals surface area contributed by atoms with E-state index < -0.39 is 0 Å². The fourth-order valence-electron chi connectivity index (χ4n) is 1.14. The topological polar surface area (TPSA) is 26.3 Å². The summed E-state index contributed by atoms with van der Waals surface area (Å²) in [4.78, 5) is 11.4. The monoisotopic (exact) mass is 250 g/mol. The average Bonchev–Trinajstić information content (AvgIpc) is 2.28. The number of ether oxygens (including phenoxy) is 1. The maximum Gasteiger partial charge on any atom is 0.318 e. The maximum absolute atomic E-state index is 11.8. The van der Waals surface area contributed by atoms with Crippen molar-refractivity contribution in [3.8, 4) is 0 Å². The van der Waals surface area contributed by atoms with Crippen molar-refractivity contribution in [2.24, 2.45) is 0 Å². The third-order valence-electron chi connectivity index (χ3n) is 2.22. The van der Waals surface area contributed by atoms with Crippen LogP contribution in [0.2, 0.25) is 0 Å². The molecular weight excluding hydrogens is 227 g/mol. The van der Waals surface area contributed by atoms with Gasteiger partial charge in [-0.3, -0.25) is 9.18 Å². The Morgan fingerprint density at radius 3 is 2.69 bits per heavy atom. The Kier molecular flexibility index (Phi) is 11.1. The number of hydrogen-bond donors (Lipinski definition) is 0. The molecule has 0 aliphatic rings. The third kappa shape index (κ3) is 9.01. The van der Waals surface area contributed by atoms with Crippen molar-refractivity contribution >= 4 is 17.7 Å². The van der Waals surface area contributed by atoms with E-state index >= 15 is 0 Å². The zero-order valence-electron chi connectivity index (χ0n) is 10.3. The molecule has 0 saturated carbocycles. The SMILES string of the molecule is CCCCOC(=O)C(C)SCCCCCF. The van der Waals surface area contributed by atoms with E-state index in [4.69, 9.17) is 4.74 Å². The summed E-state index contributed by atoms with van der Waals surface area (Å²) in [5, 5.41) is -0.0952. The lowest BCUT2D eigenvalue weighted by Crippen LogP contribution is -2.18. The highest BCUT2D eigenvalue weighted by Gasteiger charge is 2.13. The normalized spacial score (nSPS) is 12.4. The molecule has 0 amide bonds. The summed E-state index contributed by atoms with van der Waals surface area (Å²) in [7, 11) is 0. The number of thioether (sulfide) groups is 1. The van der Waals surface area contributed by atoms with E-state index in [0.29, 0.717) is 13.0 Å². The lowest BCUT2D eigenvalue weighted by Gasteiger charge is -2.10. The van der Waals surface area contributed by atoms with E-state index in [1.165, 1.54) is 0 Å². The van der Waals surface area contributed by atoms with Crippen molar-refractivity contribution in [1.82, 2.24) is 0 Å². The standard InChI is InChI=1S/C12H23FO2S/c1-3-4-9-15-12(14)11(2)16-10-7-5-6-8-13/h11H,3-10H2,1-2H3. The van der Waals surface area contributed by atoms with Crippen LogP contribution < -0.4 is 0 Å². The molecule has 0 radical (unpaired) electrons. The first-order valence-electron chi connectivity index (χ1n) is 6.06. The van der Waals surface area contributed by atoms with Gasteiger partial charge in [0.05, 0.1) is 18.5 Å². The van der Waals surface area contributed by atoms with Crippen LogP contribution in [-0.2, 0) is 9.53 Å². The van der Waals surface area contributed by atoms with Crippen LogP contribution >= 0.6 is 11.8 Å². The number of halogens is 1. The molecule has 0 fully saturated rings. The summed E-state index contributed by atoms with van der Waals surface area (Å²) in [6.45, 7) is 4.23. The fourth-order valence-corrected chi connectivity index (χ4v) is 2.06. The Hall–Kier alpha value is -0.250. The van der Waals surface area contributed by atoms with E-state index in [1.54, 1.807) is 11.8 Å². The van der Waals surface area contributed by atoms with E-state index in [9.17, 15) is 9.18 Å². The van der Waals surface area contributed by atoms with E-state index in [-0.39, 0.29) is 17.9 Å². The average molecular weight is 250 g/mol. The van der Waals surface area contributed by atoms with Gasteiger partial charge in [0.15, 0.2) is 0 Å². The van der Waals surface area contributed by atoms with Gasteiger partial charge in [0.25, 0.3) is 0 Å². The van der Waals surface area contributed by atoms with Gasteiger partial charge < -0.3 is 4.74 Å². The molecule has 96 valence electrons. The minimum Gasteiger partial charge on any atom is -0.465 e. The van der Waals surface area contributed by atoms with Crippen molar-refractivity contribution in [3.05, 3.63) is 0 Å². The quantitative estimate of drug-likeness (QED) is 0.438. The second-order valence-electron chi connectivity index (χ2n) is 3.78. The van der Waals surface area contributed by atoms with Gasteiger partial charge in [-0.2, -0.15) is 0 Å². The highest BCUT2D eigenvalue weighted by Crippen LogP contribution is 2.15. The molecule has 0 rings (SSSR count). The molecule has 1 unspecified atom stereocenters. The predicted molar refractivity (Wildman–Crippen MR) is 67.6 cm³/mol. The van der Waals surface area contributed by atoms with Gasteiger partial charge in [-0.15, -0.1) is 11.8 Å². The summed E-state index contributed by atoms with van der Waals surface area (Å²) in [6.07, 6.45) is 4.48. The second-order valence-corrected chi connectivity index (χ2v) is 5.23. The van der Waals surface area contributed by atoms with Crippen LogP contribution in [0.15, 0.2) is 0 Å². The number of rotatable bonds is 10. The molecular formula is C12H23FO2S. The van der Waals surface area contributed by atoms with Crippen LogP contribution in [0.5, 0.6) is 0 Å². The summed E-state index contributed by atoms with van der Waals surface area (Å²) in [6, 6.07) is 0. The first-order valence-corrected chi connectivity index (χ1v) is 7.11. The largest absolute Gasteiger partial charge is 0.465 e. The zero-order chi connectivity index (χ0) is 12.2. The second kappa shape index (κ2) is 11.2. The molecule has 0 aliphatic carbocycles. The van der Waals surface area contributed by atoms with E-state index in [1.807, 2.05) is 6.92 Å². The molecule has 0 aliphatic heterocycles. The molecule has 0 spiro atoms. The van der Waals surface area contributed by atoms with E-state index in [0.717, 1.165) is 31.4 Å². The minimum absolute atomic E-state index is 0.0952. The van der Waals surface area contributed by atoms with Crippen molar-refractivity contribution in [2.45, 2.75) is 51.2 Å². The van der Waals surface area contributed by atoms with E-state index in [2.05, 4.69) is 6.92 Å². The Morgan fingerprint density at radius 2 is 2.06 bits per heavy atom. The summed E-state index contributed by atoms with van der Waals surface area (Å²) < 4.78 is 16.9. The smallest absolute Gasteiger partial charge is 0.318 e. The van der Waals surface area contributed by atoms with Crippen LogP contribution in [-0.4, -0.2) is 30.3 Å². The number of unbranched alkanes of at least 4 members (excludes halogenated alkanes) is 3. The van der Waals surface area contributed by atoms with Gasteiger partial charge in [-0.25, -0.2) is 0 Å². The third-order valence-corrected chi connectivity index (χ3v) is 3.44. The number of esters is 1. The van der Waals surface area contributed by atoms with Crippen LogP contribution in [0.25, 0.3) is 0 Å². The zero-order valence-corrected chi connectivity index (χ0v) is 11.2. The van der Waals surface area contributed by atoms with Crippen molar-refractivity contribution in [1.29, 1.82) is 0 Å². The van der Waals surface area contributed by atoms with Crippen LogP contribution in [0.4, 0.5) is 4.39 Å². The van der Waals surface area contributed by atoms with Gasteiger partial charge >= 0.3 is 5.97 Å². The first-order chi connectivity index (χ1) is 7.72. The Labute approximate surface area is 102 Å². The molecule has 4 heteroatoms. The van der Waals surface area contributed by atoms with Crippen LogP contribution in [0.1, 0.15) is 46.0 Å². The Balaban J connectivity index is 3.40. The molecule has 0 saturated heterocycles. The lowest BCUT2D eigenvalue weighted by atomic mass is 10.3. The number of carbonyl (C=O) groups is 1. The molecule has 0 aromatic heterocycles. The molecule has 0 heterocycles. The molecule has 2 nitrogen and oxygen atoms in total. The number of hydrogen-bond acceptors (Lipinski definition) is 3. The molecule has 0 bridgehead atoms. The minimum atomic E-state index is -0.237. The van der Waals surface area contributed by atoms with Crippen LogP contribution in [0, 0.1) is 0 Å². The van der Waals surface area contributed by atoms with Crippen molar-refractivity contribution in [3.63, 3.8) is 0 Å². The number of alkyl halides is 1. The molecule has 0 N–H and O–H groups in total. The maximum atomic E-state index is 11.8. The molecule has 0 aromatic rings. The van der Waals surface area contributed by atoms with Gasteiger partial charge in [0, 0.05) is 0 Å². The van der Waals surface area contributed by atoms with Gasteiger partial charge in [-0.05, 0) is 31.9 Å². The highest BCUT2D eigenvalue weighted by molar-refractivity contribution is 8.00. The summed E-state index contributed by atoms with van der Waals surface area (Å²) in [5.74, 6) is 0.785. The summed E-state index contributed by atoms with van der Waals surface area (Å²) in [5.41, 5.74) is 0. The predicted octanol–water partition coefficient (Wildman–Crippen LogP) is 3.59. The molecule has 16 heavy (non-hydrogen) atoms. The molecule has 1 atom stereocenters. The van der Waals surface area contributed by atoms with Crippen molar-refractivity contribution in [2.75, 3.05) is 19.0 Å². The molecule has 0 aromatic carbocycles. The Bertz CT molecular complexity index is 176. The van der Waals surface area contributed by atoms with Gasteiger partial charge in [-0.1, -0.05) is 19.8 Å². The van der Waals surface area contributed by atoms with Gasteiger partial charge in [0.2, 0.25) is 0 Å².